The lowest BCUT2D eigenvalue weighted by Crippen LogP contribution is -2.32. The van der Waals surface area contributed by atoms with Crippen LogP contribution in [0, 0.1) is 11.3 Å². The van der Waals surface area contributed by atoms with Gasteiger partial charge >= 0.3 is 0 Å². The summed E-state index contributed by atoms with van der Waals surface area (Å²) in [5, 5.41) is 22.2. The minimum Gasteiger partial charge on any atom is -0.504 e. The van der Waals surface area contributed by atoms with Crippen LogP contribution < -0.4 is 10.1 Å². The molecule has 128 valence electrons. The molecule has 0 aliphatic rings. The van der Waals surface area contributed by atoms with Crippen LogP contribution in [-0.2, 0) is 11.2 Å². The van der Waals surface area contributed by atoms with Crippen molar-refractivity contribution in [2.75, 3.05) is 6.61 Å². The van der Waals surface area contributed by atoms with Crippen molar-refractivity contribution in [3.63, 3.8) is 0 Å². The highest BCUT2D eigenvalue weighted by Gasteiger charge is 2.14. The molecule has 1 amide bonds. The second-order valence-electron chi connectivity index (χ2n) is 5.41. The summed E-state index contributed by atoms with van der Waals surface area (Å²) in [6.07, 6.45) is 4.39. The lowest BCUT2D eigenvalue weighted by Gasteiger charge is -2.12. The largest absolute Gasteiger partial charge is 0.504 e. The lowest BCUT2D eigenvalue weighted by molar-refractivity contribution is -0.117. The average Bonchev–Trinajstić information content (AvgIpc) is 2.56. The molecule has 0 radical (unpaired) electrons. The Morgan fingerprint density at radius 3 is 2.75 bits per heavy atom. The fraction of sp³-hybridized carbons (Fsp3) is 0.368. The van der Waals surface area contributed by atoms with E-state index in [1.165, 1.54) is 6.08 Å². The van der Waals surface area contributed by atoms with Crippen LogP contribution in [0.15, 0.2) is 30.4 Å². The van der Waals surface area contributed by atoms with Crippen molar-refractivity contribution in [1.29, 1.82) is 5.26 Å². The third-order valence-corrected chi connectivity index (χ3v) is 3.51. The Bertz CT molecular complexity index is 672. The van der Waals surface area contributed by atoms with E-state index in [-0.39, 0.29) is 17.4 Å². The number of hydrogen-bond acceptors (Lipinski definition) is 4. The summed E-state index contributed by atoms with van der Waals surface area (Å²) >= 11 is 0. The van der Waals surface area contributed by atoms with E-state index < -0.39 is 5.91 Å². The zero-order valence-electron chi connectivity index (χ0n) is 14.4. The molecule has 0 aliphatic heterocycles. The standard InChI is InChI=1S/C19H24N2O3/c1-5-8-15-9-14(11-17(18(15)22)24-7-3)10-16(12-20)19(23)21-13(4)6-2/h5,9-11,13,22H,1,6-8H2,2-4H3,(H,21,23)/b16-10+/t13-/m1/s1. The first kappa shape index (κ1) is 19.3. The molecule has 0 aromatic heterocycles. The molecule has 1 atom stereocenters. The Labute approximate surface area is 143 Å². The predicted molar refractivity (Wildman–Crippen MR) is 94.7 cm³/mol. The number of amides is 1. The van der Waals surface area contributed by atoms with E-state index in [0.29, 0.717) is 29.9 Å². The molecule has 0 fully saturated rings. The number of carbonyl (C=O) groups is 1. The zero-order valence-corrected chi connectivity index (χ0v) is 14.4. The molecule has 1 aromatic rings. The number of nitrogens with one attached hydrogen (secondary N) is 1. The third kappa shape index (κ3) is 5.17. The monoisotopic (exact) mass is 328 g/mol. The normalized spacial score (nSPS) is 12.2. The van der Waals surface area contributed by atoms with Crippen LogP contribution in [0.25, 0.3) is 6.08 Å². The molecule has 5 heteroatoms. The van der Waals surface area contributed by atoms with E-state index in [1.807, 2.05) is 26.8 Å². The van der Waals surface area contributed by atoms with Gasteiger partial charge in [-0.05, 0) is 50.5 Å². The summed E-state index contributed by atoms with van der Waals surface area (Å²) in [5.41, 5.74) is 1.25. The smallest absolute Gasteiger partial charge is 0.262 e. The number of rotatable bonds is 8. The van der Waals surface area contributed by atoms with Gasteiger partial charge in [-0.1, -0.05) is 13.0 Å². The summed E-state index contributed by atoms with van der Waals surface area (Å²) in [5.74, 6) is -0.0395. The van der Waals surface area contributed by atoms with Crippen molar-refractivity contribution in [3.05, 3.63) is 41.5 Å². The van der Waals surface area contributed by atoms with Crippen molar-refractivity contribution in [1.82, 2.24) is 5.32 Å². The quantitative estimate of drug-likeness (QED) is 0.435. The van der Waals surface area contributed by atoms with Gasteiger partial charge in [0.1, 0.15) is 11.6 Å². The Balaban J connectivity index is 3.25. The van der Waals surface area contributed by atoms with Gasteiger partial charge in [0.25, 0.3) is 5.91 Å². The van der Waals surface area contributed by atoms with Crippen LogP contribution in [0.2, 0.25) is 0 Å². The maximum atomic E-state index is 12.1. The summed E-state index contributed by atoms with van der Waals surface area (Å²) in [7, 11) is 0. The van der Waals surface area contributed by atoms with Crippen molar-refractivity contribution in [3.8, 4) is 17.6 Å². The number of phenols is 1. The SMILES string of the molecule is C=CCc1cc(/C=C(\C#N)C(=O)N[C@H](C)CC)cc(OCC)c1O. The Morgan fingerprint density at radius 2 is 2.21 bits per heavy atom. The minimum atomic E-state index is -0.414. The van der Waals surface area contributed by atoms with Gasteiger partial charge in [-0.2, -0.15) is 5.26 Å². The first-order chi connectivity index (χ1) is 11.5. The molecule has 24 heavy (non-hydrogen) atoms. The highest BCUT2D eigenvalue weighted by Crippen LogP contribution is 2.33. The van der Waals surface area contributed by atoms with Gasteiger partial charge in [0.15, 0.2) is 11.5 Å². The average molecular weight is 328 g/mol. The number of nitriles is 1. The summed E-state index contributed by atoms with van der Waals surface area (Å²) in [6.45, 7) is 9.71. The van der Waals surface area contributed by atoms with Crippen molar-refractivity contribution >= 4 is 12.0 Å². The molecule has 0 unspecified atom stereocenters. The van der Waals surface area contributed by atoms with Crippen molar-refractivity contribution in [2.45, 2.75) is 39.7 Å². The van der Waals surface area contributed by atoms with E-state index in [4.69, 9.17) is 4.74 Å². The Hall–Kier alpha value is -2.74. The second kappa shape index (κ2) is 9.41. The maximum Gasteiger partial charge on any atom is 0.262 e. The molecule has 0 spiro atoms. The van der Waals surface area contributed by atoms with E-state index in [9.17, 15) is 15.2 Å². The fourth-order valence-corrected chi connectivity index (χ4v) is 2.07. The highest BCUT2D eigenvalue weighted by molar-refractivity contribution is 6.01. The van der Waals surface area contributed by atoms with Gasteiger partial charge in [-0.25, -0.2) is 0 Å². The van der Waals surface area contributed by atoms with E-state index in [0.717, 1.165) is 6.42 Å². The molecule has 0 aliphatic carbocycles. The minimum absolute atomic E-state index is 0.00740. The summed E-state index contributed by atoms with van der Waals surface area (Å²) in [4.78, 5) is 12.1. The van der Waals surface area contributed by atoms with E-state index in [1.54, 1.807) is 18.2 Å². The number of aromatic hydroxyl groups is 1. The number of phenolic OH excluding ortho intramolecular Hbond substituents is 1. The van der Waals surface area contributed by atoms with Gasteiger partial charge in [0, 0.05) is 11.6 Å². The zero-order chi connectivity index (χ0) is 18.1. The maximum absolute atomic E-state index is 12.1. The Kier molecular flexibility index (Phi) is 7.57. The molecular formula is C19H24N2O3. The summed E-state index contributed by atoms with van der Waals surface area (Å²) < 4.78 is 5.42. The third-order valence-electron chi connectivity index (χ3n) is 3.51. The highest BCUT2D eigenvalue weighted by atomic mass is 16.5. The molecular weight excluding hydrogens is 304 g/mol. The summed E-state index contributed by atoms with van der Waals surface area (Å²) in [6, 6.07) is 5.24. The van der Waals surface area contributed by atoms with Crippen molar-refractivity contribution in [2.24, 2.45) is 0 Å². The first-order valence-corrected chi connectivity index (χ1v) is 7.98. The number of nitrogens with zero attached hydrogens (tertiary/aromatic N) is 1. The number of ether oxygens (including phenoxy) is 1. The van der Waals surface area contributed by atoms with Crippen LogP contribution in [0.1, 0.15) is 38.3 Å². The van der Waals surface area contributed by atoms with Crippen LogP contribution in [0.5, 0.6) is 11.5 Å². The Morgan fingerprint density at radius 1 is 1.50 bits per heavy atom. The van der Waals surface area contributed by atoms with Crippen LogP contribution >= 0.6 is 0 Å². The number of carbonyl (C=O) groups excluding carboxylic acids is 1. The molecule has 1 rings (SSSR count). The number of allylic oxidation sites excluding steroid dienone is 1. The van der Waals surface area contributed by atoms with Crippen molar-refractivity contribution < 1.29 is 14.6 Å². The second-order valence-corrected chi connectivity index (χ2v) is 5.41. The first-order valence-electron chi connectivity index (χ1n) is 7.98. The van der Waals surface area contributed by atoms with Gasteiger partial charge in [0.05, 0.1) is 6.61 Å². The number of benzene rings is 1. The fourth-order valence-electron chi connectivity index (χ4n) is 2.07. The topological polar surface area (TPSA) is 82.4 Å². The van der Waals surface area contributed by atoms with E-state index in [2.05, 4.69) is 11.9 Å². The van der Waals surface area contributed by atoms with E-state index >= 15 is 0 Å². The molecule has 5 nitrogen and oxygen atoms in total. The molecule has 2 N–H and O–H groups in total. The lowest BCUT2D eigenvalue weighted by atomic mass is 10.0. The molecule has 0 saturated carbocycles. The van der Waals surface area contributed by atoms with Crippen LogP contribution in [-0.4, -0.2) is 23.7 Å². The predicted octanol–water partition coefficient (Wildman–Crippen LogP) is 3.34. The van der Waals surface area contributed by atoms with Gasteiger partial charge < -0.3 is 15.2 Å². The molecule has 0 heterocycles. The van der Waals surface area contributed by atoms with Crippen LogP contribution in [0.4, 0.5) is 0 Å². The van der Waals surface area contributed by atoms with Gasteiger partial charge in [-0.15, -0.1) is 6.58 Å². The van der Waals surface area contributed by atoms with Crippen LogP contribution in [0.3, 0.4) is 0 Å². The number of hydrogen-bond donors (Lipinski definition) is 2. The molecule has 0 saturated heterocycles. The molecule has 1 aromatic carbocycles. The molecule has 0 bridgehead atoms. The van der Waals surface area contributed by atoms with Gasteiger partial charge in [0.2, 0.25) is 0 Å². The van der Waals surface area contributed by atoms with Gasteiger partial charge in [-0.3, -0.25) is 4.79 Å².